The molecule has 1 N–H and O–H groups in total. The van der Waals surface area contributed by atoms with Crippen molar-refractivity contribution in [3.8, 4) is 5.75 Å². The first-order valence-electron chi connectivity index (χ1n) is 8.02. The van der Waals surface area contributed by atoms with E-state index >= 15 is 0 Å². The maximum atomic E-state index is 13.9. The van der Waals surface area contributed by atoms with Crippen molar-refractivity contribution in [2.45, 2.75) is 20.0 Å². The van der Waals surface area contributed by atoms with Gasteiger partial charge in [0.2, 0.25) is 0 Å². The Labute approximate surface area is 144 Å². The summed E-state index contributed by atoms with van der Waals surface area (Å²) in [7, 11) is 1.44. The summed E-state index contributed by atoms with van der Waals surface area (Å²) in [5.41, 5.74) is 1.48. The number of aliphatic hydroxyl groups is 1. The van der Waals surface area contributed by atoms with Crippen LogP contribution in [0.1, 0.15) is 12.5 Å². The number of hydrogen-bond acceptors (Lipinski definition) is 6. The Morgan fingerprint density at radius 1 is 1.32 bits per heavy atom. The maximum absolute atomic E-state index is 13.9. The molecule has 3 rings (SSSR count). The van der Waals surface area contributed by atoms with Crippen molar-refractivity contribution in [2.75, 3.05) is 25.2 Å². The summed E-state index contributed by atoms with van der Waals surface area (Å²) in [5.74, 6) is 0.564. The highest BCUT2D eigenvalue weighted by molar-refractivity contribution is 5.86. The molecule has 0 saturated carbocycles. The Balaban J connectivity index is 1.93. The average Bonchev–Trinajstić information content (AvgIpc) is 3.03. The summed E-state index contributed by atoms with van der Waals surface area (Å²) in [6, 6.07) is 4.92. The minimum Gasteiger partial charge on any atom is -0.494 e. The van der Waals surface area contributed by atoms with Gasteiger partial charge in [-0.05, 0) is 24.6 Å². The molecule has 1 aromatic carbocycles. The first kappa shape index (κ1) is 17.1. The van der Waals surface area contributed by atoms with Crippen molar-refractivity contribution in [2.24, 2.45) is 0 Å². The second kappa shape index (κ2) is 7.43. The van der Waals surface area contributed by atoms with Crippen molar-refractivity contribution in [3.63, 3.8) is 0 Å². The van der Waals surface area contributed by atoms with Gasteiger partial charge >= 0.3 is 0 Å². The lowest BCUT2D eigenvalue weighted by molar-refractivity contribution is 0.271. The van der Waals surface area contributed by atoms with Gasteiger partial charge in [-0.15, -0.1) is 0 Å². The number of halogens is 1. The lowest BCUT2D eigenvalue weighted by atomic mass is 10.2. The lowest BCUT2D eigenvalue weighted by Gasteiger charge is -2.22. The molecule has 0 aliphatic carbocycles. The summed E-state index contributed by atoms with van der Waals surface area (Å²) < 4.78 is 20.5. The van der Waals surface area contributed by atoms with E-state index in [2.05, 4.69) is 15.1 Å². The quantitative estimate of drug-likeness (QED) is 0.706. The number of methoxy groups -OCH3 is 1. The molecule has 0 spiro atoms. The molecule has 0 saturated heterocycles. The number of anilines is 1. The summed E-state index contributed by atoms with van der Waals surface area (Å²) in [6.45, 7) is 3.54. The van der Waals surface area contributed by atoms with Gasteiger partial charge in [-0.3, -0.25) is 0 Å². The van der Waals surface area contributed by atoms with Crippen LogP contribution in [0, 0.1) is 5.82 Å². The molecular formula is C17H20FN5O2. The van der Waals surface area contributed by atoms with Gasteiger partial charge in [0.1, 0.15) is 12.1 Å². The number of aromatic nitrogens is 4. The van der Waals surface area contributed by atoms with Crippen LogP contribution in [0.5, 0.6) is 5.75 Å². The van der Waals surface area contributed by atoms with Crippen LogP contribution in [0.25, 0.3) is 11.0 Å². The number of aliphatic hydroxyl groups excluding tert-OH is 1. The fraction of sp³-hybridized carbons (Fsp3) is 0.353. The van der Waals surface area contributed by atoms with Crippen LogP contribution in [-0.2, 0) is 13.1 Å². The molecule has 132 valence electrons. The van der Waals surface area contributed by atoms with E-state index in [4.69, 9.17) is 9.84 Å². The largest absolute Gasteiger partial charge is 0.494 e. The average molecular weight is 345 g/mol. The molecule has 3 aromatic rings. The Morgan fingerprint density at radius 3 is 2.84 bits per heavy atom. The van der Waals surface area contributed by atoms with Crippen LogP contribution in [-0.4, -0.2) is 45.1 Å². The molecule has 8 heteroatoms. The molecule has 0 fully saturated rings. The second-order valence-electron chi connectivity index (χ2n) is 5.51. The maximum Gasteiger partial charge on any atom is 0.165 e. The third-order valence-corrected chi connectivity index (χ3v) is 4.00. The van der Waals surface area contributed by atoms with Crippen molar-refractivity contribution in [1.82, 2.24) is 19.7 Å². The third kappa shape index (κ3) is 3.39. The van der Waals surface area contributed by atoms with Gasteiger partial charge in [0.25, 0.3) is 0 Å². The predicted molar refractivity (Wildman–Crippen MR) is 92.1 cm³/mol. The molecule has 0 bridgehead atoms. The predicted octanol–water partition coefficient (Wildman–Crippen LogP) is 1.99. The van der Waals surface area contributed by atoms with Gasteiger partial charge in [0.15, 0.2) is 17.2 Å². The third-order valence-electron chi connectivity index (χ3n) is 4.00. The van der Waals surface area contributed by atoms with Crippen LogP contribution in [0.2, 0.25) is 0 Å². The Hall–Kier alpha value is -2.74. The van der Waals surface area contributed by atoms with Crippen molar-refractivity contribution < 1.29 is 14.2 Å². The summed E-state index contributed by atoms with van der Waals surface area (Å²) in [5, 5.41) is 14.2. The number of fused-ring (bicyclic) bond motifs is 1. The molecule has 25 heavy (non-hydrogen) atoms. The van der Waals surface area contributed by atoms with Crippen molar-refractivity contribution >= 4 is 16.9 Å². The molecule has 7 nitrogen and oxygen atoms in total. The molecule has 0 radical (unpaired) electrons. The fourth-order valence-corrected chi connectivity index (χ4v) is 2.76. The van der Waals surface area contributed by atoms with Crippen LogP contribution in [0.3, 0.4) is 0 Å². The number of benzene rings is 1. The van der Waals surface area contributed by atoms with E-state index in [1.54, 1.807) is 16.9 Å². The van der Waals surface area contributed by atoms with Crippen molar-refractivity contribution in [3.05, 3.63) is 42.1 Å². The van der Waals surface area contributed by atoms with Crippen LogP contribution in [0.4, 0.5) is 10.2 Å². The van der Waals surface area contributed by atoms with Crippen molar-refractivity contribution in [1.29, 1.82) is 0 Å². The molecule has 0 unspecified atom stereocenters. The molecule has 2 heterocycles. The first-order valence-corrected chi connectivity index (χ1v) is 8.02. The summed E-state index contributed by atoms with van der Waals surface area (Å²) in [4.78, 5) is 10.7. The summed E-state index contributed by atoms with van der Waals surface area (Å²) >= 11 is 0. The van der Waals surface area contributed by atoms with E-state index in [1.807, 2.05) is 17.9 Å². The monoisotopic (exact) mass is 345 g/mol. The van der Waals surface area contributed by atoms with Gasteiger partial charge in [-0.2, -0.15) is 5.10 Å². The van der Waals surface area contributed by atoms with Gasteiger partial charge in [0, 0.05) is 13.1 Å². The van der Waals surface area contributed by atoms with E-state index in [-0.39, 0.29) is 18.2 Å². The molecule has 2 aromatic heterocycles. The number of nitrogens with zero attached hydrogens (tertiary/aromatic N) is 5. The van der Waals surface area contributed by atoms with Gasteiger partial charge in [-0.1, -0.05) is 6.07 Å². The molecular weight excluding hydrogens is 325 g/mol. The molecule has 0 amide bonds. The Bertz CT molecular complexity index is 867. The van der Waals surface area contributed by atoms with E-state index in [0.29, 0.717) is 25.3 Å². The zero-order chi connectivity index (χ0) is 17.8. The van der Waals surface area contributed by atoms with Crippen LogP contribution < -0.4 is 9.64 Å². The molecule has 0 aliphatic heterocycles. The zero-order valence-electron chi connectivity index (χ0n) is 14.2. The lowest BCUT2D eigenvalue weighted by Crippen LogP contribution is -2.23. The van der Waals surface area contributed by atoms with E-state index < -0.39 is 0 Å². The number of rotatable bonds is 7. The van der Waals surface area contributed by atoms with Gasteiger partial charge < -0.3 is 14.7 Å². The molecule has 0 aliphatic rings. The van der Waals surface area contributed by atoms with Gasteiger partial charge in [-0.25, -0.2) is 19.0 Å². The number of hydrogen-bond donors (Lipinski definition) is 1. The normalized spacial score (nSPS) is 11.0. The van der Waals surface area contributed by atoms with Gasteiger partial charge in [0.05, 0.1) is 31.8 Å². The fourth-order valence-electron chi connectivity index (χ4n) is 2.76. The first-order chi connectivity index (χ1) is 12.2. The highest BCUT2D eigenvalue weighted by atomic mass is 19.1. The Morgan fingerprint density at radius 2 is 2.16 bits per heavy atom. The van der Waals surface area contributed by atoms with Crippen LogP contribution in [0.15, 0.2) is 30.7 Å². The Kier molecular flexibility index (Phi) is 5.08. The minimum atomic E-state index is -0.389. The SMILES string of the molecule is CCN(Cc1ccc(OC)c(F)c1)c1ncnc2c1cnn2CCO. The van der Waals surface area contributed by atoms with E-state index in [0.717, 1.165) is 16.8 Å². The molecule has 0 atom stereocenters. The zero-order valence-corrected chi connectivity index (χ0v) is 14.2. The topological polar surface area (TPSA) is 76.3 Å². The highest BCUT2D eigenvalue weighted by Gasteiger charge is 2.15. The standard InChI is InChI=1S/C17H20FN5O2/c1-3-22(10-12-4-5-15(25-2)14(18)8-12)16-13-9-21-23(6-7-24)17(13)20-11-19-16/h4-5,8-9,11,24H,3,6-7,10H2,1-2H3. The second-order valence-corrected chi connectivity index (χ2v) is 5.51. The van der Waals surface area contributed by atoms with E-state index in [1.165, 1.54) is 19.5 Å². The minimum absolute atomic E-state index is 0.0151. The number of ether oxygens (including phenoxy) is 1. The highest BCUT2D eigenvalue weighted by Crippen LogP contribution is 2.25. The summed E-state index contributed by atoms with van der Waals surface area (Å²) in [6.07, 6.45) is 3.17. The van der Waals surface area contributed by atoms with E-state index in [9.17, 15) is 4.39 Å². The van der Waals surface area contributed by atoms with Crippen LogP contribution >= 0.6 is 0 Å². The smallest absolute Gasteiger partial charge is 0.165 e.